The number of hydrogen-bond donors (Lipinski definition) is 2. The predicted octanol–water partition coefficient (Wildman–Crippen LogP) is 11.5. The number of nitrogens with one attached hydrogen (secondary N) is 2. The van der Waals surface area contributed by atoms with Crippen molar-refractivity contribution in [1.82, 2.24) is 10.6 Å². The molecule has 1 heterocycles. The number of fused-ring (bicyclic) bond motifs is 4. The van der Waals surface area contributed by atoms with Crippen LogP contribution in [0.1, 0.15) is 28.9 Å². The summed E-state index contributed by atoms with van der Waals surface area (Å²) in [6.45, 7) is 0. The molecule has 8 aromatic rings. The Hall–Kier alpha value is -5.96. The highest BCUT2D eigenvalue weighted by molar-refractivity contribution is 6.14. The first-order chi connectivity index (χ1) is 23.8. The summed E-state index contributed by atoms with van der Waals surface area (Å²) < 4.78 is 0. The fourth-order valence-corrected chi connectivity index (χ4v) is 7.32. The average Bonchev–Trinajstić information content (AvgIpc) is 3.17. The summed E-state index contributed by atoms with van der Waals surface area (Å²) >= 11 is 0. The van der Waals surface area contributed by atoms with Gasteiger partial charge < -0.3 is 5.32 Å². The fraction of sp³-hybridized carbons (Fsp3) is 0.0435. The average molecular weight is 615 g/mol. The van der Waals surface area contributed by atoms with Gasteiger partial charge in [-0.2, -0.15) is 0 Å². The van der Waals surface area contributed by atoms with E-state index in [4.69, 9.17) is 0 Å². The molecule has 9 rings (SSSR count). The Bertz CT molecular complexity index is 2430. The van der Waals surface area contributed by atoms with Crippen molar-refractivity contribution in [3.05, 3.63) is 199 Å². The molecule has 2 nitrogen and oxygen atoms in total. The Balaban J connectivity index is 1.13. The molecule has 0 spiro atoms. The summed E-state index contributed by atoms with van der Waals surface area (Å²) in [4.78, 5) is 0. The van der Waals surface area contributed by atoms with E-state index in [1.807, 2.05) is 0 Å². The SMILES string of the molecule is C1=C(c2ccc(-c3ccc(-c4ccccc4)cc3)cc2)NC(c2c3ccccc3cc3c2ccc2ccccc23)NC1c1ccccc1. The normalized spacial score (nSPS) is 16.1. The topological polar surface area (TPSA) is 24.1 Å². The minimum absolute atomic E-state index is 0.0344. The van der Waals surface area contributed by atoms with Crippen molar-refractivity contribution in [3.63, 3.8) is 0 Å². The van der Waals surface area contributed by atoms with Crippen LogP contribution in [0.2, 0.25) is 0 Å². The van der Waals surface area contributed by atoms with Crippen LogP contribution in [0.4, 0.5) is 0 Å². The van der Waals surface area contributed by atoms with Crippen LogP contribution in [0.15, 0.2) is 182 Å². The van der Waals surface area contributed by atoms with Crippen molar-refractivity contribution in [1.29, 1.82) is 0 Å². The summed E-state index contributed by atoms with van der Waals surface area (Å²) in [6.07, 6.45) is 2.22. The Morgan fingerprint density at radius 3 is 1.60 bits per heavy atom. The fourth-order valence-electron chi connectivity index (χ4n) is 7.32. The molecule has 0 amide bonds. The standard InChI is InChI=1S/C46H34N2/c1-3-11-31(12-4-1)32-19-21-33(22-20-32)34-23-25-37(26-24-34)44-30-43(36-14-5-2-6-15-36)47-46(48-44)45-40-18-10-8-16-38(40)29-42-39-17-9-7-13-35(39)27-28-41(42)45/h1-30,43,46-48H. The lowest BCUT2D eigenvalue weighted by molar-refractivity contribution is 0.447. The molecule has 48 heavy (non-hydrogen) atoms. The molecule has 2 unspecified atom stereocenters. The van der Waals surface area contributed by atoms with Gasteiger partial charge in [-0.15, -0.1) is 0 Å². The molecule has 2 atom stereocenters. The van der Waals surface area contributed by atoms with Crippen LogP contribution in [0.25, 0.3) is 60.3 Å². The highest BCUT2D eigenvalue weighted by Gasteiger charge is 2.27. The van der Waals surface area contributed by atoms with Crippen molar-refractivity contribution in [2.24, 2.45) is 0 Å². The highest BCUT2D eigenvalue weighted by Crippen LogP contribution is 2.39. The van der Waals surface area contributed by atoms with Gasteiger partial charge in [-0.1, -0.05) is 170 Å². The van der Waals surface area contributed by atoms with E-state index in [1.54, 1.807) is 0 Å². The summed E-state index contributed by atoms with van der Waals surface area (Å²) in [5.41, 5.74) is 9.69. The quantitative estimate of drug-likeness (QED) is 0.149. The van der Waals surface area contributed by atoms with Gasteiger partial charge >= 0.3 is 0 Å². The number of rotatable bonds is 5. The van der Waals surface area contributed by atoms with Crippen molar-refractivity contribution in [3.8, 4) is 22.3 Å². The zero-order valence-corrected chi connectivity index (χ0v) is 26.5. The molecule has 2 heteroatoms. The maximum atomic E-state index is 3.99. The molecule has 228 valence electrons. The monoisotopic (exact) mass is 614 g/mol. The van der Waals surface area contributed by atoms with Crippen molar-refractivity contribution in [2.45, 2.75) is 12.2 Å². The van der Waals surface area contributed by atoms with Crippen LogP contribution in [0, 0.1) is 0 Å². The van der Waals surface area contributed by atoms with Gasteiger partial charge in [-0.05, 0) is 77.8 Å². The van der Waals surface area contributed by atoms with E-state index in [9.17, 15) is 0 Å². The molecular weight excluding hydrogens is 581 g/mol. The number of benzene rings is 8. The van der Waals surface area contributed by atoms with Gasteiger partial charge in [0.2, 0.25) is 0 Å². The van der Waals surface area contributed by atoms with Crippen LogP contribution < -0.4 is 10.6 Å². The Morgan fingerprint density at radius 1 is 0.375 bits per heavy atom. The molecule has 0 saturated carbocycles. The maximum Gasteiger partial charge on any atom is 0.105 e. The molecule has 1 aliphatic rings. The van der Waals surface area contributed by atoms with Gasteiger partial charge in [0.15, 0.2) is 0 Å². The van der Waals surface area contributed by atoms with Gasteiger partial charge in [0.05, 0.1) is 6.04 Å². The van der Waals surface area contributed by atoms with Crippen molar-refractivity contribution < 1.29 is 0 Å². The van der Waals surface area contributed by atoms with E-state index in [0.29, 0.717) is 0 Å². The molecule has 8 aromatic carbocycles. The first-order valence-electron chi connectivity index (χ1n) is 16.7. The Kier molecular flexibility index (Phi) is 7.07. The Labute approximate surface area is 281 Å². The molecule has 0 aromatic heterocycles. The van der Waals surface area contributed by atoms with Crippen molar-refractivity contribution in [2.75, 3.05) is 0 Å². The van der Waals surface area contributed by atoms with Gasteiger partial charge in [0.1, 0.15) is 6.17 Å². The van der Waals surface area contributed by atoms with Gasteiger partial charge in [-0.3, -0.25) is 5.32 Å². The van der Waals surface area contributed by atoms with Crippen LogP contribution >= 0.6 is 0 Å². The van der Waals surface area contributed by atoms with Crippen LogP contribution in [0.5, 0.6) is 0 Å². The van der Waals surface area contributed by atoms with Gasteiger partial charge in [-0.25, -0.2) is 0 Å². The van der Waals surface area contributed by atoms with Crippen molar-refractivity contribution >= 4 is 38.0 Å². The minimum Gasteiger partial charge on any atom is -0.366 e. The van der Waals surface area contributed by atoms with E-state index >= 15 is 0 Å². The van der Waals surface area contributed by atoms with Crippen LogP contribution in [0.3, 0.4) is 0 Å². The number of hydrogen-bond acceptors (Lipinski definition) is 2. The van der Waals surface area contributed by atoms with E-state index < -0.39 is 0 Å². The van der Waals surface area contributed by atoms with E-state index in [1.165, 1.54) is 71.3 Å². The van der Waals surface area contributed by atoms with Gasteiger partial charge in [0, 0.05) is 11.3 Å². The lowest BCUT2D eigenvalue weighted by atomic mass is 9.90. The third-order valence-corrected chi connectivity index (χ3v) is 9.76. The molecule has 0 saturated heterocycles. The summed E-state index contributed by atoms with van der Waals surface area (Å²) in [6, 6.07) is 63.6. The second kappa shape index (κ2) is 12.0. The predicted molar refractivity (Wildman–Crippen MR) is 202 cm³/mol. The third kappa shape index (κ3) is 5.13. The molecule has 0 bridgehead atoms. The molecule has 2 N–H and O–H groups in total. The molecular formula is C46H34N2. The van der Waals surface area contributed by atoms with E-state index in [2.05, 4.69) is 193 Å². The lowest BCUT2D eigenvalue weighted by Crippen LogP contribution is -2.39. The second-order valence-electron chi connectivity index (χ2n) is 12.6. The van der Waals surface area contributed by atoms with E-state index in [-0.39, 0.29) is 12.2 Å². The molecule has 0 radical (unpaired) electrons. The first kappa shape index (κ1) is 28.3. The van der Waals surface area contributed by atoms with E-state index in [0.717, 1.165) is 5.70 Å². The smallest absolute Gasteiger partial charge is 0.105 e. The summed E-state index contributed by atoms with van der Waals surface area (Å²) in [7, 11) is 0. The lowest BCUT2D eigenvalue weighted by Gasteiger charge is -2.34. The largest absolute Gasteiger partial charge is 0.366 e. The maximum absolute atomic E-state index is 3.99. The Morgan fingerprint density at radius 2 is 0.917 bits per heavy atom. The second-order valence-corrected chi connectivity index (χ2v) is 12.6. The van der Waals surface area contributed by atoms with Crippen LogP contribution in [-0.4, -0.2) is 0 Å². The molecule has 0 aliphatic carbocycles. The van der Waals surface area contributed by atoms with Crippen LogP contribution in [-0.2, 0) is 0 Å². The first-order valence-corrected chi connectivity index (χ1v) is 16.7. The summed E-state index contributed by atoms with van der Waals surface area (Å²) in [5, 5.41) is 15.5. The molecule has 1 aliphatic heterocycles. The minimum atomic E-state index is -0.116. The third-order valence-electron chi connectivity index (χ3n) is 9.76. The van der Waals surface area contributed by atoms with Gasteiger partial charge in [0.25, 0.3) is 0 Å². The zero-order chi connectivity index (χ0) is 31.9. The summed E-state index contributed by atoms with van der Waals surface area (Å²) in [5.74, 6) is 0. The zero-order valence-electron chi connectivity index (χ0n) is 26.5. The molecule has 0 fully saturated rings. The highest BCUT2D eigenvalue weighted by atomic mass is 15.2.